The molecule has 0 bridgehead atoms. The van der Waals surface area contributed by atoms with Gasteiger partial charge in [-0.25, -0.2) is 4.98 Å². The molecule has 0 spiro atoms. The van der Waals surface area contributed by atoms with E-state index < -0.39 is 0 Å². The van der Waals surface area contributed by atoms with Crippen LogP contribution in [0.2, 0.25) is 0 Å². The monoisotopic (exact) mass is 261 g/mol. The van der Waals surface area contributed by atoms with Crippen LogP contribution in [0.3, 0.4) is 0 Å². The van der Waals surface area contributed by atoms with Gasteiger partial charge in [0.2, 0.25) is 0 Å². The summed E-state index contributed by atoms with van der Waals surface area (Å²) in [7, 11) is 2.06. The maximum absolute atomic E-state index is 4.30. The van der Waals surface area contributed by atoms with Crippen LogP contribution in [-0.2, 0) is 6.54 Å². The topological polar surface area (TPSA) is 28.2 Å². The molecular formula is C11H20ClN3S. The molecule has 0 amide bonds. The molecule has 2 rings (SSSR count). The van der Waals surface area contributed by atoms with Crippen LogP contribution in [-0.4, -0.2) is 36.1 Å². The average Bonchev–Trinajstić information content (AvgIpc) is 2.64. The largest absolute Gasteiger partial charge is 0.316 e. The predicted octanol–water partition coefficient (Wildman–Crippen LogP) is 2.06. The molecule has 1 unspecified atom stereocenters. The van der Waals surface area contributed by atoms with Gasteiger partial charge < -0.3 is 5.32 Å². The molecule has 1 fully saturated rings. The third kappa shape index (κ3) is 3.70. The fraction of sp³-hybridized carbons (Fsp3) is 0.727. The lowest BCUT2D eigenvalue weighted by atomic mass is 10.1. The van der Waals surface area contributed by atoms with Crippen LogP contribution >= 0.6 is 23.7 Å². The highest BCUT2D eigenvalue weighted by Crippen LogP contribution is 2.17. The van der Waals surface area contributed by atoms with Gasteiger partial charge in [-0.15, -0.1) is 23.7 Å². The lowest BCUT2D eigenvalue weighted by Crippen LogP contribution is -2.43. The van der Waals surface area contributed by atoms with E-state index in [1.54, 1.807) is 0 Å². The molecule has 1 aromatic rings. The van der Waals surface area contributed by atoms with Crippen molar-refractivity contribution in [1.29, 1.82) is 0 Å². The first kappa shape index (κ1) is 13.9. The summed E-state index contributed by atoms with van der Waals surface area (Å²) in [6, 6.07) is 0.674. The van der Waals surface area contributed by atoms with Crippen molar-refractivity contribution in [3.05, 3.63) is 16.1 Å². The van der Waals surface area contributed by atoms with Gasteiger partial charge in [-0.2, -0.15) is 0 Å². The molecule has 1 saturated heterocycles. The van der Waals surface area contributed by atoms with Crippen molar-refractivity contribution < 1.29 is 0 Å². The molecule has 0 saturated carbocycles. The highest BCUT2D eigenvalue weighted by Gasteiger charge is 2.18. The molecule has 3 nitrogen and oxygen atoms in total. The number of likely N-dealkylation sites (tertiary alicyclic amines) is 1. The summed E-state index contributed by atoms with van der Waals surface area (Å²) in [5.74, 6) is 0. The highest BCUT2D eigenvalue weighted by molar-refractivity contribution is 7.11. The van der Waals surface area contributed by atoms with Crippen molar-refractivity contribution in [1.82, 2.24) is 15.2 Å². The van der Waals surface area contributed by atoms with Gasteiger partial charge in [-0.3, -0.25) is 4.90 Å². The average molecular weight is 262 g/mol. The lowest BCUT2D eigenvalue weighted by molar-refractivity contribution is 0.189. The molecule has 1 N–H and O–H groups in total. The minimum absolute atomic E-state index is 0. The van der Waals surface area contributed by atoms with Gasteiger partial charge in [-0.05, 0) is 33.4 Å². The Morgan fingerprint density at radius 3 is 3.06 bits per heavy atom. The zero-order valence-corrected chi connectivity index (χ0v) is 11.5. The Bertz CT molecular complexity index is 316. The van der Waals surface area contributed by atoms with E-state index in [1.807, 2.05) is 17.5 Å². The Hall–Kier alpha value is -0.160. The maximum atomic E-state index is 4.30. The van der Waals surface area contributed by atoms with Crippen LogP contribution in [0.25, 0.3) is 0 Å². The van der Waals surface area contributed by atoms with Crippen molar-refractivity contribution >= 4 is 23.7 Å². The molecule has 0 aliphatic carbocycles. The number of piperidine rings is 1. The van der Waals surface area contributed by atoms with Crippen molar-refractivity contribution in [3.63, 3.8) is 0 Å². The van der Waals surface area contributed by atoms with E-state index in [0.29, 0.717) is 6.04 Å². The summed E-state index contributed by atoms with van der Waals surface area (Å²) < 4.78 is 0. The van der Waals surface area contributed by atoms with Crippen molar-refractivity contribution in [2.24, 2.45) is 0 Å². The Kier molecular flexibility index (Phi) is 5.69. The quantitative estimate of drug-likeness (QED) is 0.903. The number of aromatic nitrogens is 1. The van der Waals surface area contributed by atoms with E-state index in [1.165, 1.54) is 35.8 Å². The van der Waals surface area contributed by atoms with E-state index in [4.69, 9.17) is 0 Å². The molecule has 92 valence electrons. The van der Waals surface area contributed by atoms with Crippen LogP contribution in [0.5, 0.6) is 0 Å². The molecule has 16 heavy (non-hydrogen) atoms. The van der Waals surface area contributed by atoms with E-state index in [-0.39, 0.29) is 12.4 Å². The van der Waals surface area contributed by atoms with Crippen LogP contribution < -0.4 is 5.32 Å². The number of rotatable bonds is 3. The molecule has 1 aromatic heterocycles. The number of hydrogen-bond donors (Lipinski definition) is 1. The molecule has 2 heterocycles. The second-order valence-corrected chi connectivity index (χ2v) is 5.53. The van der Waals surface area contributed by atoms with Gasteiger partial charge in [0.15, 0.2) is 0 Å². The molecule has 1 atom stereocenters. The molecule has 0 aromatic carbocycles. The minimum atomic E-state index is 0. The number of aryl methyl sites for hydroxylation is 1. The normalized spacial score (nSPS) is 21.8. The van der Waals surface area contributed by atoms with Gasteiger partial charge in [-0.1, -0.05) is 0 Å². The standard InChI is InChI=1S/C11H19N3S.ClH/c1-9-13-6-11(15-9)8-14-5-3-4-10(7-14)12-2;/h6,10,12H,3-5,7-8H2,1-2H3;1H. The summed E-state index contributed by atoms with van der Waals surface area (Å²) in [5.41, 5.74) is 0. The minimum Gasteiger partial charge on any atom is -0.316 e. The van der Waals surface area contributed by atoms with E-state index in [2.05, 4.69) is 29.2 Å². The Labute approximate surface area is 108 Å². The summed E-state index contributed by atoms with van der Waals surface area (Å²) in [5, 5.41) is 4.54. The SMILES string of the molecule is CNC1CCCN(Cc2cnc(C)s2)C1.Cl. The smallest absolute Gasteiger partial charge is 0.0897 e. The number of halogens is 1. The first-order valence-corrected chi connectivity index (χ1v) is 6.40. The van der Waals surface area contributed by atoms with Crippen molar-refractivity contribution in [2.75, 3.05) is 20.1 Å². The summed E-state index contributed by atoms with van der Waals surface area (Å²) in [6.07, 6.45) is 4.64. The highest BCUT2D eigenvalue weighted by atomic mass is 35.5. The number of nitrogens with one attached hydrogen (secondary N) is 1. The van der Waals surface area contributed by atoms with Crippen molar-refractivity contribution in [3.8, 4) is 0 Å². The number of thiazole rings is 1. The number of hydrogen-bond acceptors (Lipinski definition) is 4. The summed E-state index contributed by atoms with van der Waals surface area (Å²) in [6.45, 7) is 5.55. The summed E-state index contributed by atoms with van der Waals surface area (Å²) in [4.78, 5) is 8.22. The molecular weight excluding hydrogens is 242 g/mol. The second kappa shape index (κ2) is 6.55. The number of nitrogens with zero attached hydrogens (tertiary/aromatic N) is 2. The van der Waals surface area contributed by atoms with Gasteiger partial charge in [0, 0.05) is 30.2 Å². The summed E-state index contributed by atoms with van der Waals surface area (Å²) >= 11 is 1.82. The second-order valence-electron chi connectivity index (χ2n) is 4.21. The van der Waals surface area contributed by atoms with Gasteiger partial charge in [0.1, 0.15) is 0 Å². The van der Waals surface area contributed by atoms with Gasteiger partial charge in [0.25, 0.3) is 0 Å². The molecule has 5 heteroatoms. The zero-order chi connectivity index (χ0) is 10.7. The molecule has 1 aliphatic rings. The van der Waals surface area contributed by atoms with Gasteiger partial charge >= 0.3 is 0 Å². The third-order valence-electron chi connectivity index (χ3n) is 2.96. The Morgan fingerprint density at radius 2 is 2.44 bits per heavy atom. The van der Waals surface area contributed by atoms with Crippen molar-refractivity contribution in [2.45, 2.75) is 32.4 Å². The zero-order valence-electron chi connectivity index (χ0n) is 9.90. The Balaban J connectivity index is 0.00000128. The first-order chi connectivity index (χ1) is 7.28. The first-order valence-electron chi connectivity index (χ1n) is 5.59. The van der Waals surface area contributed by atoms with Crippen LogP contribution in [0, 0.1) is 6.92 Å². The van der Waals surface area contributed by atoms with Crippen LogP contribution in [0.4, 0.5) is 0 Å². The van der Waals surface area contributed by atoms with Gasteiger partial charge in [0.05, 0.1) is 5.01 Å². The van der Waals surface area contributed by atoms with E-state index in [9.17, 15) is 0 Å². The van der Waals surface area contributed by atoms with Crippen LogP contribution in [0.1, 0.15) is 22.7 Å². The predicted molar refractivity (Wildman–Crippen MR) is 71.5 cm³/mol. The molecule has 1 aliphatic heterocycles. The third-order valence-corrected chi connectivity index (χ3v) is 3.86. The fourth-order valence-electron chi connectivity index (χ4n) is 2.13. The maximum Gasteiger partial charge on any atom is 0.0897 e. The van der Waals surface area contributed by atoms with E-state index in [0.717, 1.165) is 6.54 Å². The van der Waals surface area contributed by atoms with Crippen LogP contribution in [0.15, 0.2) is 6.20 Å². The molecule has 0 radical (unpaired) electrons. The fourth-order valence-corrected chi connectivity index (χ4v) is 2.97. The van der Waals surface area contributed by atoms with E-state index >= 15 is 0 Å². The number of likely N-dealkylation sites (N-methyl/N-ethyl adjacent to an activating group) is 1. The Morgan fingerprint density at radius 1 is 1.62 bits per heavy atom. The lowest BCUT2D eigenvalue weighted by Gasteiger charge is -2.32.